The van der Waals surface area contributed by atoms with Gasteiger partial charge < -0.3 is 65.1 Å². The van der Waals surface area contributed by atoms with Crippen molar-refractivity contribution < 1.29 is 82.3 Å². The molecule has 8 rings (SSSR count). The molecule has 1 amide bonds. The van der Waals surface area contributed by atoms with Gasteiger partial charge in [0.05, 0.1) is 82.7 Å². The number of aromatic nitrogens is 6. The van der Waals surface area contributed by atoms with Crippen molar-refractivity contribution in [3.05, 3.63) is 160 Å². The van der Waals surface area contributed by atoms with Crippen molar-refractivity contribution in [3.8, 4) is 5.75 Å². The Kier molecular flexibility index (Phi) is 34.4. The van der Waals surface area contributed by atoms with Crippen LogP contribution in [-0.2, 0) is 42.7 Å². The summed E-state index contributed by atoms with van der Waals surface area (Å²) in [5.41, 5.74) is 9.98. The van der Waals surface area contributed by atoms with Gasteiger partial charge in [-0.3, -0.25) is 43.8 Å². The summed E-state index contributed by atoms with van der Waals surface area (Å²) in [4.78, 5) is 126. The van der Waals surface area contributed by atoms with Gasteiger partial charge in [0, 0.05) is 109 Å². The first-order valence-electron chi connectivity index (χ1n) is 26.2. The number of nitrogens with zero attached hydrogens (tertiary/aromatic N) is 8. The number of imidazole rings is 2. The number of aryl methyl sites for hydroxylation is 2. The quantitative estimate of drug-likeness (QED) is 0.00710. The lowest BCUT2D eigenvalue weighted by molar-refractivity contribution is -0.384. The number of hydrogen-bond acceptors (Lipinski definition) is 23. The Morgan fingerprint density at radius 1 is 0.689 bits per heavy atom. The van der Waals surface area contributed by atoms with E-state index in [1.165, 1.54) is 36.2 Å². The number of methoxy groups -OCH3 is 1. The van der Waals surface area contributed by atoms with Gasteiger partial charge in [-0.15, -0.1) is 0 Å². The zero-order valence-electron chi connectivity index (χ0n) is 49.4. The predicted octanol–water partition coefficient (Wildman–Crippen LogP) is 9.17. The Labute approximate surface area is 537 Å². The lowest BCUT2D eigenvalue weighted by Gasteiger charge is -2.21. The highest BCUT2D eigenvalue weighted by molar-refractivity contribution is 15.0. The number of carbonyl (C=O) groups is 9. The van der Waals surface area contributed by atoms with Crippen molar-refractivity contribution in [1.82, 2.24) is 29.1 Å². The molecule has 0 saturated heterocycles. The topological polar surface area (TPSA) is 421 Å². The van der Waals surface area contributed by atoms with E-state index in [0.29, 0.717) is 84.0 Å². The van der Waals surface area contributed by atoms with Crippen LogP contribution in [0, 0.1) is 10.1 Å². The number of hydrogen-bond donors (Lipinski definition) is 7. The van der Waals surface area contributed by atoms with Crippen LogP contribution < -0.4 is 31.3 Å². The first-order chi connectivity index (χ1) is 43.1. The summed E-state index contributed by atoms with van der Waals surface area (Å²) >= 11 is 4.24. The summed E-state index contributed by atoms with van der Waals surface area (Å²) < 4.78 is 21.4. The van der Waals surface area contributed by atoms with Crippen LogP contribution in [-0.4, -0.2) is 152 Å². The van der Waals surface area contributed by atoms with Crippen LogP contribution in [0.5, 0.6) is 5.75 Å². The van der Waals surface area contributed by atoms with Gasteiger partial charge in [-0.05, 0) is 98.8 Å². The standard InChI is InChI=1S/C20H20N4O4.C10H8N2O3.C10H14N2O2.C8H8N2O4.C8H10N2O2.C2H4O3.I2/c1-3-28-19(26)9-11-24(17-6-4-5-10-21-17)20(27)14-7-8-16-15(12-14)22-18(13-25)23(16)2;1-12-9-3-2-7(15-6-14)4-8(9)11-10(12)5-13;1-2-14-10(13)6-8-12-9-5-3-4-7-11-9;1-9-6-3-2-5(8(11)12)4-7(6)10(13)14;1-10-7-3-2-5(8(11)12)4-6(7)9;1-5-2(3)4;1-2/h4-8,10,12-13H,3,9,11H2,1-2H3;2-6H,1H3;3-5,7H,2,6,8H2,1H3,(H,11,12);2-4,9H,1H3,(H,11,12);2-4,10H,9H2,1H3,(H,11,12);1H3,(H,3,4);. The van der Waals surface area contributed by atoms with Gasteiger partial charge in [0.1, 0.15) is 23.1 Å². The van der Waals surface area contributed by atoms with Gasteiger partial charge in [0.15, 0.2) is 24.2 Å². The Balaban J connectivity index is 0.000000388. The molecule has 0 bridgehead atoms. The molecule has 0 atom stereocenters. The fourth-order valence-corrected chi connectivity index (χ4v) is 7.26. The normalized spacial score (nSPS) is 9.66. The molecular weight excluding hydrogens is 1410 g/mol. The number of ether oxygens (including phenoxy) is 4. The van der Waals surface area contributed by atoms with Crippen molar-refractivity contribution in [1.29, 1.82) is 0 Å². The van der Waals surface area contributed by atoms with Crippen LogP contribution in [0.3, 0.4) is 0 Å². The van der Waals surface area contributed by atoms with Crippen LogP contribution in [0.15, 0.2) is 122 Å². The summed E-state index contributed by atoms with van der Waals surface area (Å²) in [7, 11) is 7.84. The number of nitro benzene ring substituents is 1. The van der Waals surface area contributed by atoms with Crippen LogP contribution in [0.1, 0.15) is 79.0 Å². The molecule has 4 heterocycles. The number of nitrogens with two attached hydrogens (primary N) is 1. The number of esters is 2. The maximum absolute atomic E-state index is 13.2. The summed E-state index contributed by atoms with van der Waals surface area (Å²) in [5.74, 6) is -0.792. The molecule has 8 N–H and O–H groups in total. The largest absolute Gasteiger partial charge is 0.505 e. The zero-order chi connectivity index (χ0) is 67.3. The highest BCUT2D eigenvalue weighted by atomic mass is 128. The Bertz CT molecular complexity index is 3690. The second-order valence-corrected chi connectivity index (χ2v) is 17.1. The SMILES string of the molecule is CCOC(=O)CCN(C(=O)c1ccc2c(c1)nc(C=O)n2C)c1ccccn1.CCOC(=O)CCNc1ccccn1.CNc1ccc(C(=O)O)cc1N.CNc1ccc(C(=O)O)cc1[N+](=O)[O-].COC(=O)O.Cn1c(C=O)nc2cc(OC=O)ccc21.II. The molecule has 4 aromatic carbocycles. The smallest absolute Gasteiger partial charge is 0.478 e. The average molecular weight is 1470 g/mol. The molecule has 0 spiro atoms. The van der Waals surface area contributed by atoms with E-state index in [9.17, 15) is 48.5 Å². The molecule has 30 nitrogen and oxygen atoms in total. The summed E-state index contributed by atoms with van der Waals surface area (Å²) in [6.07, 6.45) is 3.80. The zero-order valence-corrected chi connectivity index (χ0v) is 53.7. The maximum Gasteiger partial charge on any atom is 0.505 e. The molecule has 32 heteroatoms. The van der Waals surface area contributed by atoms with E-state index < -0.39 is 23.0 Å². The number of rotatable bonds is 20. The fourth-order valence-electron chi connectivity index (χ4n) is 7.26. The third-order valence-electron chi connectivity index (χ3n) is 11.5. The van der Waals surface area contributed by atoms with E-state index in [1.807, 2.05) is 18.2 Å². The van der Waals surface area contributed by atoms with E-state index in [4.69, 9.17) is 35.3 Å². The Morgan fingerprint density at radius 2 is 1.20 bits per heavy atom. The number of halogens is 2. The lowest BCUT2D eigenvalue weighted by Crippen LogP contribution is -2.34. The van der Waals surface area contributed by atoms with Crippen LogP contribution in [0.2, 0.25) is 0 Å². The third kappa shape index (κ3) is 24.8. The summed E-state index contributed by atoms with van der Waals surface area (Å²) in [6, 6.07) is 29.1. The molecule has 0 fully saturated rings. The number of anilines is 5. The van der Waals surface area contributed by atoms with E-state index in [-0.39, 0.29) is 60.1 Å². The van der Waals surface area contributed by atoms with Crippen molar-refractivity contribution in [2.45, 2.75) is 26.7 Å². The second-order valence-electron chi connectivity index (χ2n) is 17.1. The number of amides is 1. The number of nitrogens with one attached hydrogen (secondary N) is 3. The number of pyridine rings is 2. The van der Waals surface area contributed by atoms with Crippen molar-refractivity contribution >= 4 is 149 Å². The third-order valence-corrected chi connectivity index (χ3v) is 11.5. The molecule has 0 aliphatic rings. The van der Waals surface area contributed by atoms with E-state index in [2.05, 4.69) is 82.6 Å². The molecule has 478 valence electrons. The number of fused-ring (bicyclic) bond motifs is 2. The van der Waals surface area contributed by atoms with Crippen molar-refractivity contribution in [2.75, 3.05) is 74.1 Å². The van der Waals surface area contributed by atoms with Gasteiger partial charge in [-0.2, -0.15) is 0 Å². The number of carboxylic acids is 2. The second kappa shape index (κ2) is 40.9. The molecule has 0 saturated carbocycles. The molecule has 8 aromatic rings. The van der Waals surface area contributed by atoms with Crippen LogP contribution >= 0.6 is 37.2 Å². The van der Waals surface area contributed by atoms with Crippen molar-refractivity contribution in [2.24, 2.45) is 14.1 Å². The van der Waals surface area contributed by atoms with E-state index in [0.717, 1.165) is 35.7 Å². The van der Waals surface area contributed by atoms with Gasteiger partial charge in [0.25, 0.3) is 18.1 Å². The first-order valence-corrected chi connectivity index (χ1v) is 32.4. The molecule has 0 aliphatic carbocycles. The predicted molar refractivity (Wildman–Crippen MR) is 350 cm³/mol. The fraction of sp³-hybridized carbons (Fsp3) is 0.224. The first kappa shape index (κ1) is 75.7. The minimum Gasteiger partial charge on any atom is -0.478 e. The number of aldehydes is 2. The number of benzene rings is 4. The van der Waals surface area contributed by atoms with Crippen LogP contribution in [0.25, 0.3) is 22.1 Å². The molecule has 0 radical (unpaired) electrons. The van der Waals surface area contributed by atoms with Gasteiger partial charge in [-0.25, -0.2) is 34.3 Å². The minimum atomic E-state index is -1.25. The number of nitrogen functional groups attached to an aromatic ring is 1. The Hall–Kier alpha value is -10.4. The van der Waals surface area contributed by atoms with Crippen molar-refractivity contribution in [3.63, 3.8) is 0 Å². The molecular formula is C58H64I2N12O18. The highest BCUT2D eigenvalue weighted by Crippen LogP contribution is 2.26. The molecule has 0 unspecified atom stereocenters. The number of carboxylic acid groups (broad SMARTS) is 3. The lowest BCUT2D eigenvalue weighted by atomic mass is 10.1. The number of nitro groups is 1. The Morgan fingerprint density at radius 3 is 1.67 bits per heavy atom. The van der Waals surface area contributed by atoms with Gasteiger partial charge in [-0.1, -0.05) is 12.1 Å². The molecule has 90 heavy (non-hydrogen) atoms. The van der Waals surface area contributed by atoms with E-state index >= 15 is 0 Å². The molecule has 0 aliphatic heterocycles. The van der Waals surface area contributed by atoms with Gasteiger partial charge in [0.2, 0.25) is 0 Å². The summed E-state index contributed by atoms with van der Waals surface area (Å²) in [5, 5.41) is 43.7. The van der Waals surface area contributed by atoms with E-state index in [1.54, 1.807) is 117 Å². The van der Waals surface area contributed by atoms with Crippen LogP contribution in [0.4, 0.5) is 39.2 Å². The summed E-state index contributed by atoms with van der Waals surface area (Å²) in [6.45, 7) is 5.28. The monoisotopic (exact) mass is 1470 g/mol. The average Bonchev–Trinajstić information content (AvgIpc) is 1.70. The number of carbonyl (C=O) groups excluding carboxylic acids is 6. The highest BCUT2D eigenvalue weighted by Gasteiger charge is 2.22. The molecule has 4 aromatic heterocycles. The number of aromatic carboxylic acids is 2. The van der Waals surface area contributed by atoms with Gasteiger partial charge >= 0.3 is 30.0 Å². The minimum absolute atomic E-state index is 0.0529. The maximum atomic E-state index is 13.2.